The second kappa shape index (κ2) is 2.72. The molecule has 0 bridgehead atoms. The molecule has 2 aromatic heterocycles. The van der Waals surface area contributed by atoms with E-state index in [1.807, 2.05) is 6.07 Å². The van der Waals surface area contributed by atoms with Crippen LogP contribution in [-0.4, -0.2) is 15.2 Å². The van der Waals surface area contributed by atoms with Crippen LogP contribution in [0.15, 0.2) is 12.1 Å². The highest BCUT2D eigenvalue weighted by molar-refractivity contribution is 5.85. The van der Waals surface area contributed by atoms with E-state index in [-0.39, 0.29) is 0 Å². The minimum atomic E-state index is 0.529. The van der Waals surface area contributed by atoms with E-state index in [1.165, 1.54) is 0 Å². The number of pyridine rings is 1. The summed E-state index contributed by atoms with van der Waals surface area (Å²) in [6, 6.07) is 4.08. The predicted octanol–water partition coefficient (Wildman–Crippen LogP) is 1.91. The van der Waals surface area contributed by atoms with E-state index in [4.69, 9.17) is 5.73 Å². The summed E-state index contributed by atoms with van der Waals surface area (Å²) in [6.45, 7) is 4.53. The van der Waals surface area contributed by atoms with Crippen molar-refractivity contribution in [2.24, 2.45) is 11.8 Å². The minimum absolute atomic E-state index is 0.529. The molecule has 1 fully saturated rings. The summed E-state index contributed by atoms with van der Waals surface area (Å²) >= 11 is 0. The van der Waals surface area contributed by atoms with Crippen LogP contribution in [0.3, 0.4) is 0 Å². The second-order valence-corrected chi connectivity index (χ2v) is 4.49. The lowest BCUT2D eigenvalue weighted by molar-refractivity contribution is 0.834. The molecule has 0 aromatic carbocycles. The number of rotatable bonds is 1. The molecule has 4 heteroatoms. The number of hydrogen-bond acceptors (Lipinski definition) is 3. The lowest BCUT2D eigenvalue weighted by Gasteiger charge is -1.97. The zero-order chi connectivity index (χ0) is 10.6. The van der Waals surface area contributed by atoms with Crippen molar-refractivity contribution >= 4 is 16.9 Å². The molecular weight excluding hydrogens is 188 g/mol. The quantitative estimate of drug-likeness (QED) is 0.742. The zero-order valence-corrected chi connectivity index (χ0v) is 8.86. The van der Waals surface area contributed by atoms with Gasteiger partial charge in [-0.25, -0.2) is 4.98 Å². The van der Waals surface area contributed by atoms with Gasteiger partial charge in [0.25, 0.3) is 0 Å². The van der Waals surface area contributed by atoms with Crippen LogP contribution < -0.4 is 5.73 Å². The Morgan fingerprint density at radius 2 is 2.00 bits per heavy atom. The van der Waals surface area contributed by atoms with Gasteiger partial charge in [-0.05, 0) is 24.0 Å². The van der Waals surface area contributed by atoms with Gasteiger partial charge in [0.05, 0.1) is 5.39 Å². The van der Waals surface area contributed by atoms with Crippen molar-refractivity contribution in [3.05, 3.63) is 17.8 Å². The van der Waals surface area contributed by atoms with Crippen LogP contribution in [0, 0.1) is 11.8 Å². The van der Waals surface area contributed by atoms with E-state index in [2.05, 4.69) is 35.1 Å². The summed E-state index contributed by atoms with van der Waals surface area (Å²) in [5, 5.41) is 7.72. The Bertz CT molecular complexity index is 508. The number of nitrogens with two attached hydrogens (primary N) is 1. The number of nitrogens with zero attached hydrogens (tertiary/aromatic N) is 2. The van der Waals surface area contributed by atoms with Crippen LogP contribution in [-0.2, 0) is 0 Å². The normalized spacial score (nSPS) is 29.6. The molecule has 0 radical (unpaired) electrons. The number of aromatic nitrogens is 3. The first-order valence-corrected chi connectivity index (χ1v) is 5.29. The molecule has 3 atom stereocenters. The third kappa shape index (κ3) is 1.14. The van der Waals surface area contributed by atoms with E-state index in [0.29, 0.717) is 11.7 Å². The molecule has 15 heavy (non-hydrogen) atoms. The van der Waals surface area contributed by atoms with E-state index >= 15 is 0 Å². The van der Waals surface area contributed by atoms with Crippen molar-refractivity contribution in [3.8, 4) is 0 Å². The molecule has 3 N–H and O–H groups in total. The third-order valence-corrected chi connectivity index (χ3v) is 3.64. The van der Waals surface area contributed by atoms with Crippen molar-refractivity contribution in [1.29, 1.82) is 0 Å². The average molecular weight is 202 g/mol. The molecule has 78 valence electrons. The molecule has 2 heterocycles. The number of nitrogens with one attached hydrogen (secondary N) is 1. The van der Waals surface area contributed by atoms with Crippen LogP contribution in [0.1, 0.15) is 25.5 Å². The van der Waals surface area contributed by atoms with Crippen molar-refractivity contribution in [2.45, 2.75) is 19.8 Å². The van der Waals surface area contributed by atoms with Gasteiger partial charge in [-0.3, -0.25) is 5.10 Å². The Hall–Kier alpha value is -1.58. The Kier molecular flexibility index (Phi) is 1.58. The maximum Gasteiger partial charge on any atom is 0.157 e. The van der Waals surface area contributed by atoms with Gasteiger partial charge < -0.3 is 5.73 Å². The highest BCUT2D eigenvalue weighted by Gasteiger charge is 2.44. The van der Waals surface area contributed by atoms with Gasteiger partial charge in [-0.15, -0.1) is 0 Å². The Labute approximate surface area is 87.9 Å². The fraction of sp³-hybridized carbons (Fsp3) is 0.455. The summed E-state index contributed by atoms with van der Waals surface area (Å²) < 4.78 is 0. The lowest BCUT2D eigenvalue weighted by atomic mass is 10.2. The van der Waals surface area contributed by atoms with Gasteiger partial charge in [-0.2, -0.15) is 5.10 Å². The van der Waals surface area contributed by atoms with Crippen LogP contribution in [0.5, 0.6) is 0 Å². The third-order valence-electron chi connectivity index (χ3n) is 3.64. The highest BCUT2D eigenvalue weighted by Crippen LogP contribution is 2.52. The Morgan fingerprint density at radius 1 is 1.27 bits per heavy atom. The summed E-state index contributed by atoms with van der Waals surface area (Å²) in [5.41, 5.74) is 7.65. The first-order chi connectivity index (χ1) is 7.18. The highest BCUT2D eigenvalue weighted by atomic mass is 15.2. The monoisotopic (exact) mass is 202 g/mol. The van der Waals surface area contributed by atoms with Gasteiger partial charge in [-0.1, -0.05) is 13.8 Å². The summed E-state index contributed by atoms with van der Waals surface area (Å²) in [4.78, 5) is 4.56. The number of H-pyrrole nitrogens is 1. The van der Waals surface area contributed by atoms with Gasteiger partial charge in [0, 0.05) is 11.6 Å². The number of fused-ring (bicyclic) bond motifs is 1. The van der Waals surface area contributed by atoms with Gasteiger partial charge in [0.1, 0.15) is 0 Å². The van der Waals surface area contributed by atoms with Gasteiger partial charge in [0.15, 0.2) is 11.5 Å². The number of hydrogen-bond donors (Lipinski definition) is 2. The molecule has 0 amide bonds. The first-order valence-electron chi connectivity index (χ1n) is 5.29. The molecular formula is C11H14N4. The Balaban J connectivity index is 2.08. The fourth-order valence-electron chi connectivity index (χ4n) is 2.33. The second-order valence-electron chi connectivity index (χ2n) is 4.49. The maximum atomic E-state index is 5.69. The molecule has 0 aliphatic heterocycles. The minimum Gasteiger partial charge on any atom is -0.382 e. The SMILES string of the molecule is C[C@@H]1[C@H](C)[C@H]1c1ccc2c(N)n[nH]c2n1. The summed E-state index contributed by atoms with van der Waals surface area (Å²) in [7, 11) is 0. The molecule has 1 saturated carbocycles. The van der Waals surface area contributed by atoms with Crippen LogP contribution >= 0.6 is 0 Å². The van der Waals surface area contributed by atoms with Crippen molar-refractivity contribution in [2.75, 3.05) is 5.73 Å². The van der Waals surface area contributed by atoms with Gasteiger partial charge in [0.2, 0.25) is 0 Å². The molecule has 4 nitrogen and oxygen atoms in total. The zero-order valence-electron chi connectivity index (χ0n) is 8.86. The van der Waals surface area contributed by atoms with Gasteiger partial charge >= 0.3 is 0 Å². The van der Waals surface area contributed by atoms with Crippen molar-refractivity contribution in [1.82, 2.24) is 15.2 Å². The smallest absolute Gasteiger partial charge is 0.157 e. The number of aromatic amines is 1. The number of nitrogen functional groups attached to an aromatic ring is 1. The summed E-state index contributed by atoms with van der Waals surface area (Å²) in [5.74, 6) is 2.63. The number of anilines is 1. The largest absolute Gasteiger partial charge is 0.382 e. The fourth-order valence-corrected chi connectivity index (χ4v) is 2.33. The van der Waals surface area contributed by atoms with Crippen LogP contribution in [0.4, 0.5) is 5.82 Å². The molecule has 3 rings (SSSR count). The molecule has 0 spiro atoms. The van der Waals surface area contributed by atoms with E-state index in [1.54, 1.807) is 0 Å². The molecule has 1 aliphatic carbocycles. The topological polar surface area (TPSA) is 67.6 Å². The maximum absolute atomic E-state index is 5.69. The van der Waals surface area contributed by atoms with E-state index < -0.39 is 0 Å². The van der Waals surface area contributed by atoms with E-state index in [9.17, 15) is 0 Å². The van der Waals surface area contributed by atoms with Crippen molar-refractivity contribution in [3.63, 3.8) is 0 Å². The van der Waals surface area contributed by atoms with Crippen LogP contribution in [0.2, 0.25) is 0 Å². The standard InChI is InChI=1S/C11H14N4/c1-5-6(2)9(5)8-4-3-7-10(12)14-15-11(7)13-8/h3-6,9H,1-2H3,(H3,12,13,14,15)/t5-,6+,9+. The molecule has 1 aliphatic rings. The molecule has 0 saturated heterocycles. The molecule has 0 unspecified atom stereocenters. The first kappa shape index (κ1) is 8.71. The van der Waals surface area contributed by atoms with E-state index in [0.717, 1.165) is 28.6 Å². The summed E-state index contributed by atoms with van der Waals surface area (Å²) in [6.07, 6.45) is 0. The predicted molar refractivity (Wildman–Crippen MR) is 59.4 cm³/mol. The van der Waals surface area contributed by atoms with Crippen molar-refractivity contribution < 1.29 is 0 Å². The van der Waals surface area contributed by atoms with Crippen LogP contribution in [0.25, 0.3) is 11.0 Å². The average Bonchev–Trinajstić information content (AvgIpc) is 2.67. The lowest BCUT2D eigenvalue weighted by Crippen LogP contribution is -1.89. The molecule has 2 aromatic rings. The Morgan fingerprint density at radius 3 is 2.67 bits per heavy atom.